The van der Waals surface area contributed by atoms with Crippen LogP contribution in [-0.4, -0.2) is 23.8 Å². The lowest BCUT2D eigenvalue weighted by molar-refractivity contribution is 0.0257. The number of rotatable bonds is 5. The minimum atomic E-state index is -1.12. The second kappa shape index (κ2) is 7.37. The van der Waals surface area contributed by atoms with Crippen LogP contribution in [0.15, 0.2) is 60.9 Å². The van der Waals surface area contributed by atoms with E-state index in [2.05, 4.69) is 0 Å². The van der Waals surface area contributed by atoms with Crippen LogP contribution in [0.2, 0.25) is 0 Å². The highest BCUT2D eigenvalue weighted by Gasteiger charge is 2.16. The number of hydrogen-bond donors (Lipinski definition) is 1. The van der Waals surface area contributed by atoms with Crippen molar-refractivity contribution in [3.8, 4) is 0 Å². The second-order valence-corrected chi connectivity index (χ2v) is 5.80. The van der Waals surface area contributed by atoms with Crippen molar-refractivity contribution >= 4 is 16.9 Å². The van der Waals surface area contributed by atoms with Crippen molar-refractivity contribution in [1.82, 2.24) is 0 Å². The molecule has 2 aromatic heterocycles. The van der Waals surface area contributed by atoms with Gasteiger partial charge >= 0.3 is 17.2 Å². The number of carbonyl (C=O) groups is 1. The van der Waals surface area contributed by atoms with E-state index < -0.39 is 23.3 Å². The molecular formula is C19H16O7. The summed E-state index contributed by atoms with van der Waals surface area (Å²) in [7, 11) is 0. The molecule has 7 nitrogen and oxygen atoms in total. The molecule has 134 valence electrons. The van der Waals surface area contributed by atoms with Gasteiger partial charge in [-0.25, -0.2) is 14.4 Å². The highest BCUT2D eigenvalue weighted by molar-refractivity contribution is 5.89. The predicted molar refractivity (Wildman–Crippen MR) is 92.2 cm³/mol. The number of ether oxygens (including phenoxy) is 1. The Bertz CT molecular complexity index is 1050. The van der Waals surface area contributed by atoms with Crippen molar-refractivity contribution in [2.45, 2.75) is 19.4 Å². The first-order chi connectivity index (χ1) is 12.4. The molecule has 1 N–H and O–H groups in total. The van der Waals surface area contributed by atoms with E-state index in [1.54, 1.807) is 37.3 Å². The topological polar surface area (TPSA) is 107 Å². The molecule has 0 fully saturated rings. The van der Waals surface area contributed by atoms with Gasteiger partial charge in [-0.15, -0.1) is 0 Å². The van der Waals surface area contributed by atoms with E-state index in [0.29, 0.717) is 11.3 Å². The Balaban J connectivity index is 1.72. The van der Waals surface area contributed by atoms with Gasteiger partial charge in [-0.2, -0.15) is 0 Å². The number of hydrogen-bond acceptors (Lipinski definition) is 7. The fourth-order valence-electron chi connectivity index (χ4n) is 2.49. The monoisotopic (exact) mass is 356 g/mol. The summed E-state index contributed by atoms with van der Waals surface area (Å²) >= 11 is 0. The summed E-state index contributed by atoms with van der Waals surface area (Å²) in [6.07, 6.45) is -1.26. The molecule has 0 aliphatic rings. The normalized spacial score (nSPS) is 12.1. The molecule has 0 amide bonds. The van der Waals surface area contributed by atoms with Crippen LogP contribution in [0.3, 0.4) is 0 Å². The van der Waals surface area contributed by atoms with Gasteiger partial charge in [0.25, 0.3) is 0 Å². The molecular weight excluding hydrogens is 340 g/mol. The fourth-order valence-corrected chi connectivity index (χ4v) is 2.49. The Morgan fingerprint density at radius 3 is 2.58 bits per heavy atom. The van der Waals surface area contributed by atoms with E-state index in [1.165, 1.54) is 12.1 Å². The van der Waals surface area contributed by atoms with E-state index in [0.717, 1.165) is 0 Å². The Kier molecular flexibility index (Phi) is 4.99. The Morgan fingerprint density at radius 2 is 1.85 bits per heavy atom. The van der Waals surface area contributed by atoms with Gasteiger partial charge < -0.3 is 18.7 Å². The van der Waals surface area contributed by atoms with Crippen molar-refractivity contribution in [3.63, 3.8) is 0 Å². The molecule has 1 atom stereocenters. The highest BCUT2D eigenvalue weighted by Crippen LogP contribution is 2.12. The smallest absolute Gasteiger partial charge is 0.347 e. The van der Waals surface area contributed by atoms with Gasteiger partial charge in [0.15, 0.2) is 0 Å². The molecule has 0 radical (unpaired) electrons. The first kappa shape index (κ1) is 17.6. The molecule has 0 unspecified atom stereocenters. The maximum absolute atomic E-state index is 12.0. The van der Waals surface area contributed by atoms with Gasteiger partial charge in [-0.1, -0.05) is 18.2 Å². The van der Waals surface area contributed by atoms with Crippen LogP contribution >= 0.6 is 0 Å². The first-order valence-corrected chi connectivity index (χ1v) is 7.92. The molecule has 0 saturated carbocycles. The molecule has 0 spiro atoms. The summed E-state index contributed by atoms with van der Waals surface area (Å²) in [5, 5.41) is 10.2. The molecule has 7 heteroatoms. The van der Waals surface area contributed by atoms with Crippen LogP contribution in [0.1, 0.15) is 21.7 Å². The van der Waals surface area contributed by atoms with Crippen molar-refractivity contribution in [1.29, 1.82) is 0 Å². The van der Waals surface area contributed by atoms with Crippen LogP contribution in [0.5, 0.6) is 0 Å². The van der Waals surface area contributed by atoms with Crippen LogP contribution < -0.4 is 11.3 Å². The third kappa shape index (κ3) is 3.89. The highest BCUT2D eigenvalue weighted by atomic mass is 16.5. The van der Waals surface area contributed by atoms with E-state index in [-0.39, 0.29) is 29.6 Å². The van der Waals surface area contributed by atoms with Gasteiger partial charge in [0, 0.05) is 18.1 Å². The van der Waals surface area contributed by atoms with Crippen molar-refractivity contribution in [3.05, 3.63) is 80.2 Å². The molecule has 3 aromatic rings. The molecule has 0 saturated heterocycles. The minimum absolute atomic E-state index is 0.0944. The molecule has 26 heavy (non-hydrogen) atoms. The largest absolute Gasteiger partial charge is 0.459 e. The molecule has 0 bridgehead atoms. The molecule has 3 rings (SSSR count). The Hall–Kier alpha value is -3.19. The van der Waals surface area contributed by atoms with Crippen molar-refractivity contribution < 1.29 is 23.5 Å². The van der Waals surface area contributed by atoms with E-state index in [9.17, 15) is 19.5 Å². The summed E-state index contributed by atoms with van der Waals surface area (Å²) in [5.41, 5.74) is -0.724. The fraction of sp³-hybridized carbons (Fsp3) is 0.211. The maximum atomic E-state index is 12.0. The summed E-state index contributed by atoms with van der Waals surface area (Å²) in [4.78, 5) is 35.7. The van der Waals surface area contributed by atoms with Crippen LogP contribution in [0.25, 0.3) is 11.0 Å². The average molecular weight is 356 g/mol. The number of aryl methyl sites for hydroxylation is 1. The summed E-state index contributed by atoms with van der Waals surface area (Å²) < 4.78 is 15.1. The van der Waals surface area contributed by atoms with Gasteiger partial charge in [-0.3, -0.25) is 0 Å². The predicted octanol–water partition coefficient (Wildman–Crippen LogP) is 1.82. The standard InChI is InChI=1S/C19H16O7/c1-11-7-16-15(19(23)25-11)9-13(18(22)26-16)8-14(20)10-24-17(21)12-5-3-2-4-6-12/h2-7,9,14,20H,8,10H2,1H3/t14-/m0/s1. The van der Waals surface area contributed by atoms with Crippen molar-refractivity contribution in [2.24, 2.45) is 0 Å². The van der Waals surface area contributed by atoms with E-state index >= 15 is 0 Å². The van der Waals surface area contributed by atoms with Gasteiger partial charge in [-0.05, 0) is 25.1 Å². The zero-order valence-corrected chi connectivity index (χ0v) is 13.9. The molecule has 1 aromatic carbocycles. The molecule has 0 aliphatic carbocycles. The SMILES string of the molecule is Cc1cc2oc(=O)c(C[C@H](O)COC(=O)c3ccccc3)cc2c(=O)o1. The second-order valence-electron chi connectivity index (χ2n) is 5.80. The quantitative estimate of drug-likeness (QED) is 0.695. The van der Waals surface area contributed by atoms with Crippen LogP contribution in [-0.2, 0) is 11.2 Å². The average Bonchev–Trinajstić information content (AvgIpc) is 2.61. The Labute approximate surface area is 147 Å². The lowest BCUT2D eigenvalue weighted by Crippen LogP contribution is -2.24. The third-order valence-corrected chi connectivity index (χ3v) is 3.73. The number of fused-ring (bicyclic) bond motifs is 1. The van der Waals surface area contributed by atoms with Gasteiger partial charge in [0.2, 0.25) is 0 Å². The number of benzene rings is 1. The van der Waals surface area contributed by atoms with Crippen molar-refractivity contribution in [2.75, 3.05) is 6.61 Å². The zero-order chi connectivity index (χ0) is 18.7. The van der Waals surface area contributed by atoms with Gasteiger partial charge in [0.1, 0.15) is 23.3 Å². The Morgan fingerprint density at radius 1 is 1.12 bits per heavy atom. The summed E-state index contributed by atoms with van der Waals surface area (Å²) in [6.45, 7) is 1.27. The number of esters is 1. The first-order valence-electron chi connectivity index (χ1n) is 7.92. The van der Waals surface area contributed by atoms with Crippen LogP contribution in [0, 0.1) is 6.92 Å². The van der Waals surface area contributed by atoms with Gasteiger partial charge in [0.05, 0.1) is 11.7 Å². The maximum Gasteiger partial charge on any atom is 0.347 e. The van der Waals surface area contributed by atoms with E-state index in [1.807, 2.05) is 0 Å². The number of aliphatic hydroxyl groups is 1. The lowest BCUT2D eigenvalue weighted by Gasteiger charge is -2.11. The van der Waals surface area contributed by atoms with Crippen LogP contribution in [0.4, 0.5) is 0 Å². The summed E-state index contributed by atoms with van der Waals surface area (Å²) in [5.74, 6) is -0.252. The number of aliphatic hydroxyl groups excluding tert-OH is 1. The number of carbonyl (C=O) groups excluding carboxylic acids is 1. The molecule has 0 aliphatic heterocycles. The minimum Gasteiger partial charge on any atom is -0.459 e. The third-order valence-electron chi connectivity index (χ3n) is 3.73. The summed E-state index contributed by atoms with van der Waals surface area (Å²) in [6, 6.07) is 11.1. The zero-order valence-electron chi connectivity index (χ0n) is 13.9. The lowest BCUT2D eigenvalue weighted by atomic mass is 10.1. The van der Waals surface area contributed by atoms with E-state index in [4.69, 9.17) is 13.6 Å². The molecule has 2 heterocycles.